The van der Waals surface area contributed by atoms with Crippen LogP contribution in [0.25, 0.3) is 0 Å². The first-order valence-corrected chi connectivity index (χ1v) is 5.01. The second kappa shape index (κ2) is 6.37. The van der Waals surface area contributed by atoms with Gasteiger partial charge in [-0.1, -0.05) is 0 Å². The van der Waals surface area contributed by atoms with Crippen LogP contribution in [0, 0.1) is 0 Å². The zero-order valence-electron chi connectivity index (χ0n) is 9.90. The predicted octanol–water partition coefficient (Wildman–Crippen LogP) is 1.97. The molecule has 0 N–H and O–H groups in total. The molecule has 0 aromatic carbocycles. The number of Topliss-reactive ketones (excluding diaryl/α,β-unsaturated/α-hetero) is 1. The molecule has 0 atom stereocenters. The quantitative estimate of drug-likeness (QED) is 0.325. The van der Waals surface area contributed by atoms with Gasteiger partial charge in [0, 0.05) is 6.61 Å². The van der Waals surface area contributed by atoms with E-state index in [2.05, 4.69) is 9.47 Å². The third-order valence-corrected chi connectivity index (χ3v) is 1.94. The molecule has 20 heavy (non-hydrogen) atoms. The Kier molecular flexibility index (Phi) is 5.93. The molecule has 0 fully saturated rings. The second-order valence-electron chi connectivity index (χ2n) is 3.32. The minimum Gasteiger partial charge on any atom is -0.457 e. The average Bonchev–Trinajstić information content (AvgIpc) is 2.29. The summed E-state index contributed by atoms with van der Waals surface area (Å²) >= 11 is 0. The molecule has 0 radical (unpaired) electrons. The maximum atomic E-state index is 13.1. The van der Waals surface area contributed by atoms with Gasteiger partial charge < -0.3 is 9.47 Å². The molecule has 0 heterocycles. The Hall–Kier alpha value is -1.39. The van der Waals surface area contributed by atoms with E-state index in [9.17, 15) is 40.3 Å². The summed E-state index contributed by atoms with van der Waals surface area (Å²) in [6.07, 6.45) is -13.3. The molecule has 0 saturated heterocycles. The molecule has 0 aromatic heterocycles. The van der Waals surface area contributed by atoms with E-state index in [1.807, 2.05) is 0 Å². The van der Waals surface area contributed by atoms with Crippen LogP contribution in [-0.4, -0.2) is 49.6 Å². The molecule has 0 aliphatic rings. The van der Waals surface area contributed by atoms with Gasteiger partial charge in [0.1, 0.15) is 6.61 Å². The van der Waals surface area contributed by atoms with Crippen LogP contribution >= 0.6 is 0 Å². The van der Waals surface area contributed by atoms with E-state index in [1.54, 1.807) is 0 Å². The lowest BCUT2D eigenvalue weighted by Gasteiger charge is -2.27. The number of halogens is 7. The van der Waals surface area contributed by atoms with Gasteiger partial charge in [-0.25, -0.2) is 9.18 Å². The van der Waals surface area contributed by atoms with E-state index in [0.29, 0.717) is 0 Å². The first-order chi connectivity index (χ1) is 8.89. The zero-order chi connectivity index (χ0) is 16.2. The number of hydrogen-bond donors (Lipinski definition) is 0. The fourth-order valence-corrected chi connectivity index (χ4v) is 0.962. The third kappa shape index (κ3) is 3.81. The van der Waals surface area contributed by atoms with Crippen molar-refractivity contribution >= 4 is 11.8 Å². The van der Waals surface area contributed by atoms with Crippen LogP contribution in [0.15, 0.2) is 0 Å². The number of rotatable bonds is 6. The van der Waals surface area contributed by atoms with Crippen LogP contribution < -0.4 is 0 Å². The van der Waals surface area contributed by atoms with Crippen LogP contribution in [0.5, 0.6) is 0 Å². The smallest absolute Gasteiger partial charge is 0.439 e. The van der Waals surface area contributed by atoms with E-state index < -0.39 is 36.4 Å². The lowest BCUT2D eigenvalue weighted by molar-refractivity contribution is -0.324. The second-order valence-corrected chi connectivity index (χ2v) is 3.32. The summed E-state index contributed by atoms with van der Waals surface area (Å²) in [6, 6.07) is 0. The molecular weight excluding hydrogens is 305 g/mol. The minimum absolute atomic E-state index is 0.129. The Morgan fingerprint density at radius 1 is 0.900 bits per heavy atom. The molecule has 0 aliphatic heterocycles. The highest BCUT2D eigenvalue weighted by Gasteiger charge is 2.78. The highest BCUT2D eigenvalue weighted by Crippen LogP contribution is 2.46. The maximum Gasteiger partial charge on any atom is 0.439 e. The van der Waals surface area contributed by atoms with Gasteiger partial charge in [-0.15, -0.1) is 0 Å². The third-order valence-electron chi connectivity index (χ3n) is 1.94. The molecule has 0 saturated carbocycles. The molecule has 0 amide bonds. The molecule has 11 heteroatoms. The van der Waals surface area contributed by atoms with Gasteiger partial charge in [0.25, 0.3) is 5.78 Å². The maximum absolute atomic E-state index is 13.1. The largest absolute Gasteiger partial charge is 0.457 e. The Bertz CT molecular complexity index is 346. The molecule has 0 spiro atoms. The van der Waals surface area contributed by atoms with Crippen molar-refractivity contribution in [3.63, 3.8) is 0 Å². The lowest BCUT2D eigenvalue weighted by Crippen LogP contribution is -2.61. The van der Waals surface area contributed by atoms with E-state index in [-0.39, 0.29) is 13.2 Å². The fraction of sp³-hybridized carbons (Fsp3) is 0.778. The van der Waals surface area contributed by atoms with E-state index in [4.69, 9.17) is 0 Å². The van der Waals surface area contributed by atoms with E-state index in [0.717, 1.165) is 0 Å². The van der Waals surface area contributed by atoms with Gasteiger partial charge in [0.2, 0.25) is 0 Å². The number of carbonyl (C=O) groups is 2. The number of alkyl halides is 7. The van der Waals surface area contributed by atoms with Crippen molar-refractivity contribution in [2.45, 2.75) is 24.9 Å². The molecule has 0 rings (SSSR count). The molecule has 0 unspecified atom stereocenters. The van der Waals surface area contributed by atoms with Crippen LogP contribution in [0.1, 0.15) is 6.92 Å². The van der Waals surface area contributed by atoms with Crippen LogP contribution in [-0.2, 0) is 19.1 Å². The van der Waals surface area contributed by atoms with Crippen molar-refractivity contribution in [3.05, 3.63) is 0 Å². The molecule has 0 bridgehead atoms. The van der Waals surface area contributed by atoms with Crippen molar-refractivity contribution in [1.82, 2.24) is 0 Å². The van der Waals surface area contributed by atoms with Gasteiger partial charge in [-0.2, -0.15) is 26.3 Å². The van der Waals surface area contributed by atoms with Crippen molar-refractivity contribution in [1.29, 1.82) is 0 Å². The highest BCUT2D eigenvalue weighted by molar-refractivity contribution is 6.37. The summed E-state index contributed by atoms with van der Waals surface area (Å²) in [5, 5.41) is 0. The van der Waals surface area contributed by atoms with Crippen molar-refractivity contribution in [2.75, 3.05) is 19.8 Å². The lowest BCUT2D eigenvalue weighted by atomic mass is 9.99. The first kappa shape index (κ1) is 18.6. The molecular formula is C9H9F7O4. The summed E-state index contributed by atoms with van der Waals surface area (Å²) in [6.45, 7) is 0.480. The number of ketones is 1. The Labute approximate surface area is 107 Å². The summed E-state index contributed by atoms with van der Waals surface area (Å²) < 4.78 is 94.1. The number of esters is 1. The van der Waals surface area contributed by atoms with Crippen molar-refractivity contribution in [2.24, 2.45) is 0 Å². The Morgan fingerprint density at radius 2 is 1.35 bits per heavy atom. The van der Waals surface area contributed by atoms with Gasteiger partial charge in [-0.05, 0) is 6.92 Å². The van der Waals surface area contributed by atoms with Gasteiger partial charge in [0.15, 0.2) is 0 Å². The van der Waals surface area contributed by atoms with Crippen LogP contribution in [0.2, 0.25) is 0 Å². The topological polar surface area (TPSA) is 52.6 Å². The first-order valence-electron chi connectivity index (χ1n) is 5.01. The van der Waals surface area contributed by atoms with Gasteiger partial charge in [-0.3, -0.25) is 4.79 Å². The standard InChI is InChI=1S/C9H9F7O4/c1-2-19-3-4-20-6(18)5(17)7(10,8(11,12)13)9(14,15)16/h2-4H2,1H3. The molecule has 0 aliphatic carbocycles. The molecule has 0 aromatic rings. The predicted molar refractivity (Wildman–Crippen MR) is 48.4 cm³/mol. The van der Waals surface area contributed by atoms with Gasteiger partial charge >= 0.3 is 24.0 Å². The monoisotopic (exact) mass is 314 g/mol. The van der Waals surface area contributed by atoms with Crippen LogP contribution in [0.3, 0.4) is 0 Å². The van der Waals surface area contributed by atoms with Crippen molar-refractivity contribution in [3.8, 4) is 0 Å². The average molecular weight is 314 g/mol. The Morgan fingerprint density at radius 3 is 1.70 bits per heavy atom. The minimum atomic E-state index is -6.64. The summed E-state index contributed by atoms with van der Waals surface area (Å²) in [5.74, 6) is -5.96. The number of carbonyl (C=O) groups excluding carboxylic acids is 2. The summed E-state index contributed by atoms with van der Waals surface area (Å²) in [7, 11) is 0. The van der Waals surface area contributed by atoms with Crippen molar-refractivity contribution < 1.29 is 49.8 Å². The number of ether oxygens (including phenoxy) is 2. The van der Waals surface area contributed by atoms with E-state index >= 15 is 0 Å². The SMILES string of the molecule is CCOCCOC(=O)C(=O)C(F)(C(F)(F)F)C(F)(F)F. The van der Waals surface area contributed by atoms with Gasteiger partial charge in [0.05, 0.1) is 6.61 Å². The summed E-state index contributed by atoms with van der Waals surface area (Å²) in [4.78, 5) is 21.6. The highest BCUT2D eigenvalue weighted by atomic mass is 19.4. The molecule has 118 valence electrons. The Balaban J connectivity index is 5.05. The normalized spacial score (nSPS) is 13.2. The zero-order valence-corrected chi connectivity index (χ0v) is 9.90. The van der Waals surface area contributed by atoms with Crippen LogP contribution in [0.4, 0.5) is 30.7 Å². The fourth-order valence-electron chi connectivity index (χ4n) is 0.962. The number of hydrogen-bond acceptors (Lipinski definition) is 4. The summed E-state index contributed by atoms with van der Waals surface area (Å²) in [5.41, 5.74) is -6.30. The molecule has 4 nitrogen and oxygen atoms in total. The van der Waals surface area contributed by atoms with E-state index in [1.165, 1.54) is 6.92 Å².